The van der Waals surface area contributed by atoms with Crippen LogP contribution in [0, 0.1) is 0 Å². The van der Waals surface area contributed by atoms with Gasteiger partial charge in [-0.2, -0.15) is 5.10 Å². The summed E-state index contributed by atoms with van der Waals surface area (Å²) >= 11 is 0. The van der Waals surface area contributed by atoms with Gasteiger partial charge in [-0.1, -0.05) is 30.3 Å². The molecule has 0 radical (unpaired) electrons. The molecule has 0 saturated carbocycles. The molecule has 1 N–H and O–H groups in total. The zero-order valence-corrected chi connectivity index (χ0v) is 14.0. The molecule has 2 amide bonds. The van der Waals surface area contributed by atoms with E-state index in [-0.39, 0.29) is 12.1 Å². The van der Waals surface area contributed by atoms with Crippen molar-refractivity contribution in [1.29, 1.82) is 0 Å². The van der Waals surface area contributed by atoms with Crippen LogP contribution >= 0.6 is 0 Å². The normalized spacial score (nSPS) is 11.7. The van der Waals surface area contributed by atoms with Crippen molar-refractivity contribution in [3.05, 3.63) is 78.6 Å². The van der Waals surface area contributed by atoms with Crippen LogP contribution in [0.25, 0.3) is 0 Å². The molecule has 2 heterocycles. The van der Waals surface area contributed by atoms with Gasteiger partial charge in [-0.25, -0.2) is 9.78 Å². The van der Waals surface area contributed by atoms with E-state index in [4.69, 9.17) is 0 Å². The number of nitrogens with zero attached hydrogens (tertiary/aromatic N) is 5. The molecule has 7 nitrogen and oxygen atoms in total. The number of carbonyl (C=O) groups excluding carboxylic acids is 1. The second-order valence-corrected chi connectivity index (χ2v) is 5.74. The van der Waals surface area contributed by atoms with Gasteiger partial charge in [0.2, 0.25) is 0 Å². The van der Waals surface area contributed by atoms with E-state index in [0.29, 0.717) is 13.1 Å². The van der Waals surface area contributed by atoms with Crippen molar-refractivity contribution in [3.63, 3.8) is 0 Å². The standard InChI is InChI=1S/C18H20N6O/c1-23(11-15-7-9-19-10-8-15)18(25)22-17(12-24-14-20-13-21-24)16-5-3-2-4-6-16/h2-10,13-14,17H,11-12H2,1H3,(H,22,25)/t17-/m0/s1. The lowest BCUT2D eigenvalue weighted by Crippen LogP contribution is -2.40. The van der Waals surface area contributed by atoms with Gasteiger partial charge in [0.25, 0.3) is 0 Å². The van der Waals surface area contributed by atoms with Crippen LogP contribution in [0.2, 0.25) is 0 Å². The maximum Gasteiger partial charge on any atom is 0.317 e. The minimum Gasteiger partial charge on any atom is -0.329 e. The molecule has 128 valence electrons. The first-order valence-corrected chi connectivity index (χ1v) is 8.00. The minimum atomic E-state index is -0.199. The number of amides is 2. The minimum absolute atomic E-state index is 0.147. The number of benzene rings is 1. The Labute approximate surface area is 146 Å². The molecule has 0 aliphatic rings. The Balaban J connectivity index is 1.69. The average molecular weight is 336 g/mol. The van der Waals surface area contributed by atoms with Gasteiger partial charge in [0.1, 0.15) is 12.7 Å². The molecule has 0 bridgehead atoms. The summed E-state index contributed by atoms with van der Waals surface area (Å²) in [7, 11) is 1.77. The van der Waals surface area contributed by atoms with Gasteiger partial charge in [-0.3, -0.25) is 9.67 Å². The smallest absolute Gasteiger partial charge is 0.317 e. The van der Waals surface area contributed by atoms with E-state index in [1.165, 1.54) is 6.33 Å². The number of hydrogen-bond acceptors (Lipinski definition) is 4. The Morgan fingerprint density at radius 3 is 2.60 bits per heavy atom. The quantitative estimate of drug-likeness (QED) is 0.749. The van der Waals surface area contributed by atoms with Gasteiger partial charge in [0.05, 0.1) is 12.6 Å². The predicted octanol–water partition coefficient (Wildman–Crippen LogP) is 2.26. The van der Waals surface area contributed by atoms with Crippen LogP contribution in [0.4, 0.5) is 4.79 Å². The summed E-state index contributed by atoms with van der Waals surface area (Å²) in [5, 5.41) is 7.21. The highest BCUT2D eigenvalue weighted by atomic mass is 16.2. The number of hydrogen-bond donors (Lipinski definition) is 1. The van der Waals surface area contributed by atoms with Crippen molar-refractivity contribution in [2.24, 2.45) is 0 Å². The molecule has 0 unspecified atom stereocenters. The Hall–Kier alpha value is -3.22. The monoisotopic (exact) mass is 336 g/mol. The van der Waals surface area contributed by atoms with Crippen LogP contribution in [0.1, 0.15) is 17.2 Å². The average Bonchev–Trinajstić information content (AvgIpc) is 3.16. The van der Waals surface area contributed by atoms with Gasteiger partial charge < -0.3 is 10.2 Å². The fourth-order valence-corrected chi connectivity index (χ4v) is 2.53. The number of aromatic nitrogens is 4. The second-order valence-electron chi connectivity index (χ2n) is 5.74. The van der Waals surface area contributed by atoms with Gasteiger partial charge in [-0.15, -0.1) is 0 Å². The van der Waals surface area contributed by atoms with Crippen LogP contribution in [0.15, 0.2) is 67.5 Å². The molecule has 1 atom stereocenters. The third-order valence-corrected chi connectivity index (χ3v) is 3.85. The van der Waals surface area contributed by atoms with E-state index in [2.05, 4.69) is 20.4 Å². The lowest BCUT2D eigenvalue weighted by atomic mass is 10.1. The van der Waals surface area contributed by atoms with E-state index in [1.54, 1.807) is 35.4 Å². The SMILES string of the molecule is CN(Cc1ccncc1)C(=O)N[C@@H](Cn1cncn1)c1ccccc1. The van der Waals surface area contributed by atoms with Crippen LogP contribution in [-0.2, 0) is 13.1 Å². The molecular weight excluding hydrogens is 316 g/mol. The van der Waals surface area contributed by atoms with Gasteiger partial charge in [0, 0.05) is 26.0 Å². The van der Waals surface area contributed by atoms with E-state index in [9.17, 15) is 4.79 Å². The largest absolute Gasteiger partial charge is 0.329 e. The third-order valence-electron chi connectivity index (χ3n) is 3.85. The first-order valence-electron chi connectivity index (χ1n) is 8.00. The van der Waals surface area contributed by atoms with Gasteiger partial charge in [0.15, 0.2) is 0 Å². The molecule has 0 spiro atoms. The highest BCUT2D eigenvalue weighted by molar-refractivity contribution is 5.74. The van der Waals surface area contributed by atoms with E-state index < -0.39 is 0 Å². The summed E-state index contributed by atoms with van der Waals surface area (Å²) in [6, 6.07) is 13.3. The van der Waals surface area contributed by atoms with E-state index in [1.807, 2.05) is 42.5 Å². The number of pyridine rings is 1. The molecule has 3 rings (SSSR count). The molecule has 3 aromatic rings. The topological polar surface area (TPSA) is 75.9 Å². The second kappa shape index (κ2) is 8.05. The van der Waals surface area contributed by atoms with Crippen LogP contribution < -0.4 is 5.32 Å². The Morgan fingerprint density at radius 2 is 1.92 bits per heavy atom. The van der Waals surface area contributed by atoms with Crippen LogP contribution in [-0.4, -0.2) is 37.7 Å². The Morgan fingerprint density at radius 1 is 1.16 bits per heavy atom. The molecule has 2 aromatic heterocycles. The van der Waals surface area contributed by atoms with Gasteiger partial charge >= 0.3 is 6.03 Å². The molecule has 1 aromatic carbocycles. The molecule has 0 aliphatic carbocycles. The number of rotatable bonds is 6. The molecular formula is C18H20N6O. The highest BCUT2D eigenvalue weighted by Crippen LogP contribution is 2.15. The maximum absolute atomic E-state index is 12.6. The summed E-state index contributed by atoms with van der Waals surface area (Å²) in [6.45, 7) is 1.03. The van der Waals surface area contributed by atoms with Crippen molar-refractivity contribution in [3.8, 4) is 0 Å². The van der Waals surface area contributed by atoms with Gasteiger partial charge in [-0.05, 0) is 23.3 Å². The number of nitrogens with one attached hydrogen (secondary N) is 1. The first kappa shape index (κ1) is 16.6. The van der Waals surface area contributed by atoms with E-state index in [0.717, 1.165) is 11.1 Å². The summed E-state index contributed by atoms with van der Waals surface area (Å²) in [5.74, 6) is 0. The van der Waals surface area contributed by atoms with Crippen LogP contribution in [0.3, 0.4) is 0 Å². The lowest BCUT2D eigenvalue weighted by Gasteiger charge is -2.24. The van der Waals surface area contributed by atoms with Crippen molar-refractivity contribution in [2.45, 2.75) is 19.1 Å². The zero-order chi connectivity index (χ0) is 17.5. The molecule has 7 heteroatoms. The summed E-state index contributed by atoms with van der Waals surface area (Å²) in [5.41, 5.74) is 2.05. The van der Waals surface area contributed by atoms with Crippen molar-refractivity contribution < 1.29 is 4.79 Å². The predicted molar refractivity (Wildman–Crippen MR) is 93.4 cm³/mol. The molecule has 25 heavy (non-hydrogen) atoms. The number of urea groups is 1. The maximum atomic E-state index is 12.6. The zero-order valence-electron chi connectivity index (χ0n) is 14.0. The van der Waals surface area contributed by atoms with Crippen LogP contribution in [0.5, 0.6) is 0 Å². The number of carbonyl (C=O) groups is 1. The molecule has 0 saturated heterocycles. The summed E-state index contributed by atoms with van der Waals surface area (Å²) < 4.78 is 1.71. The Bertz CT molecular complexity index is 776. The Kier molecular flexibility index (Phi) is 5.36. The fourth-order valence-electron chi connectivity index (χ4n) is 2.53. The first-order chi connectivity index (χ1) is 12.2. The third kappa shape index (κ3) is 4.63. The van der Waals surface area contributed by atoms with Crippen molar-refractivity contribution in [1.82, 2.24) is 30.0 Å². The molecule has 0 aliphatic heterocycles. The fraction of sp³-hybridized carbons (Fsp3) is 0.222. The van der Waals surface area contributed by atoms with Crippen molar-refractivity contribution in [2.75, 3.05) is 7.05 Å². The lowest BCUT2D eigenvalue weighted by molar-refractivity contribution is 0.201. The van der Waals surface area contributed by atoms with E-state index >= 15 is 0 Å². The van der Waals surface area contributed by atoms with Crippen molar-refractivity contribution >= 4 is 6.03 Å². The molecule has 0 fully saturated rings. The summed E-state index contributed by atoms with van der Waals surface area (Å²) in [4.78, 5) is 22.2. The summed E-state index contributed by atoms with van der Waals surface area (Å²) in [6.07, 6.45) is 6.57. The highest BCUT2D eigenvalue weighted by Gasteiger charge is 2.18.